The van der Waals surface area contributed by atoms with Gasteiger partial charge in [0.2, 0.25) is 0 Å². The number of hydrogen-bond acceptors (Lipinski definition) is 3. The molecule has 0 radical (unpaired) electrons. The van der Waals surface area contributed by atoms with Gasteiger partial charge >= 0.3 is 0 Å². The van der Waals surface area contributed by atoms with Crippen molar-refractivity contribution in [3.63, 3.8) is 0 Å². The molecule has 1 aromatic carbocycles. The van der Waals surface area contributed by atoms with Crippen molar-refractivity contribution < 1.29 is 14.6 Å². The van der Waals surface area contributed by atoms with Crippen LogP contribution in [0.15, 0.2) is 43.0 Å². The average Bonchev–Trinajstić information content (AvgIpc) is 2.52. The van der Waals surface area contributed by atoms with Gasteiger partial charge in [-0.05, 0) is 31.2 Å². The predicted octanol–water partition coefficient (Wildman–Crippen LogP) is 2.94. The fourth-order valence-corrected chi connectivity index (χ4v) is 2.46. The Morgan fingerprint density at radius 2 is 2.15 bits per heavy atom. The molecule has 1 aliphatic rings. The van der Waals surface area contributed by atoms with Gasteiger partial charge in [0.25, 0.3) is 0 Å². The van der Waals surface area contributed by atoms with Crippen molar-refractivity contribution >= 4 is 0 Å². The van der Waals surface area contributed by atoms with E-state index in [1.807, 2.05) is 18.2 Å². The Labute approximate surface area is 121 Å². The van der Waals surface area contributed by atoms with E-state index in [0.29, 0.717) is 6.61 Å². The first kappa shape index (κ1) is 15.2. The van der Waals surface area contributed by atoms with Crippen LogP contribution in [0.2, 0.25) is 0 Å². The average molecular weight is 276 g/mol. The lowest BCUT2D eigenvalue weighted by Crippen LogP contribution is -2.30. The minimum Gasteiger partial charge on any atom is -0.389 e. The monoisotopic (exact) mass is 276 g/mol. The van der Waals surface area contributed by atoms with Gasteiger partial charge in [-0.15, -0.1) is 6.58 Å². The van der Waals surface area contributed by atoms with Gasteiger partial charge in [0.1, 0.15) is 0 Å². The summed E-state index contributed by atoms with van der Waals surface area (Å²) in [5.41, 5.74) is 1.20. The zero-order valence-electron chi connectivity index (χ0n) is 11.9. The van der Waals surface area contributed by atoms with Crippen molar-refractivity contribution in [2.24, 2.45) is 5.92 Å². The highest BCUT2D eigenvalue weighted by Crippen LogP contribution is 2.18. The Kier molecular flexibility index (Phi) is 6.25. The summed E-state index contributed by atoms with van der Waals surface area (Å²) in [5, 5.41) is 10.1. The van der Waals surface area contributed by atoms with E-state index in [1.54, 1.807) is 6.08 Å². The zero-order chi connectivity index (χ0) is 14.2. The van der Waals surface area contributed by atoms with Gasteiger partial charge in [0.15, 0.2) is 6.29 Å². The molecule has 0 amide bonds. The maximum absolute atomic E-state index is 10.1. The molecule has 1 aromatic rings. The number of ether oxygens (including phenoxy) is 2. The number of hydrogen-bond donors (Lipinski definition) is 1. The van der Waals surface area contributed by atoms with Crippen LogP contribution in [-0.4, -0.2) is 30.7 Å². The van der Waals surface area contributed by atoms with E-state index in [-0.39, 0.29) is 12.2 Å². The van der Waals surface area contributed by atoms with E-state index < -0.39 is 6.10 Å². The van der Waals surface area contributed by atoms with Crippen LogP contribution in [0.1, 0.15) is 24.8 Å². The molecule has 2 rings (SSSR count). The summed E-state index contributed by atoms with van der Waals surface area (Å²) >= 11 is 0. The van der Waals surface area contributed by atoms with E-state index in [1.165, 1.54) is 5.56 Å². The fourth-order valence-electron chi connectivity index (χ4n) is 2.46. The molecule has 0 aromatic heterocycles. The lowest BCUT2D eigenvalue weighted by molar-refractivity contribution is -0.172. The first-order valence-electron chi connectivity index (χ1n) is 7.37. The van der Waals surface area contributed by atoms with Crippen LogP contribution in [0.25, 0.3) is 0 Å². The summed E-state index contributed by atoms with van der Waals surface area (Å²) in [6.07, 6.45) is 4.90. The molecule has 0 saturated carbocycles. The highest BCUT2D eigenvalue weighted by atomic mass is 16.7. The highest BCUT2D eigenvalue weighted by Gasteiger charge is 2.21. The summed E-state index contributed by atoms with van der Waals surface area (Å²) in [6.45, 7) is 4.95. The third-order valence-electron chi connectivity index (χ3n) is 3.70. The molecule has 3 nitrogen and oxygen atoms in total. The van der Waals surface area contributed by atoms with E-state index in [0.717, 1.165) is 32.3 Å². The Hall–Kier alpha value is -1.16. The summed E-state index contributed by atoms with van der Waals surface area (Å²) in [5.74, 6) is 0.0143. The summed E-state index contributed by atoms with van der Waals surface area (Å²) in [6, 6.07) is 10.2. The van der Waals surface area contributed by atoms with Gasteiger partial charge in [-0.3, -0.25) is 0 Å². The number of aliphatic hydroxyl groups excluding tert-OH is 1. The Morgan fingerprint density at radius 3 is 2.80 bits per heavy atom. The Balaban J connectivity index is 1.88. The summed E-state index contributed by atoms with van der Waals surface area (Å²) in [7, 11) is 0. The number of benzene rings is 1. The highest BCUT2D eigenvalue weighted by molar-refractivity contribution is 5.15. The molecule has 1 fully saturated rings. The molecule has 0 unspecified atom stereocenters. The molecule has 1 N–H and O–H groups in total. The van der Waals surface area contributed by atoms with Crippen LogP contribution in [-0.2, 0) is 15.9 Å². The third kappa shape index (κ3) is 4.75. The third-order valence-corrected chi connectivity index (χ3v) is 3.70. The lowest BCUT2D eigenvalue weighted by atomic mass is 9.94. The predicted molar refractivity (Wildman–Crippen MR) is 79.4 cm³/mol. The molecule has 110 valence electrons. The lowest BCUT2D eigenvalue weighted by Gasteiger charge is -2.26. The SMILES string of the molecule is C=C[C@H](O)[C@H](CO[C@H]1CCCCO1)Cc1ccccc1. The van der Waals surface area contributed by atoms with Gasteiger partial charge in [-0.1, -0.05) is 36.4 Å². The molecule has 20 heavy (non-hydrogen) atoms. The molecule has 1 heterocycles. The maximum Gasteiger partial charge on any atom is 0.157 e. The summed E-state index contributed by atoms with van der Waals surface area (Å²) in [4.78, 5) is 0. The molecule has 1 saturated heterocycles. The van der Waals surface area contributed by atoms with Crippen LogP contribution in [0, 0.1) is 5.92 Å². The molecular weight excluding hydrogens is 252 g/mol. The fraction of sp³-hybridized carbons (Fsp3) is 0.529. The summed E-state index contributed by atoms with van der Waals surface area (Å²) < 4.78 is 11.4. The first-order chi connectivity index (χ1) is 9.79. The topological polar surface area (TPSA) is 38.7 Å². The second-order valence-corrected chi connectivity index (χ2v) is 5.31. The smallest absolute Gasteiger partial charge is 0.157 e. The first-order valence-corrected chi connectivity index (χ1v) is 7.37. The van der Waals surface area contributed by atoms with Gasteiger partial charge in [0, 0.05) is 12.5 Å². The van der Waals surface area contributed by atoms with Gasteiger partial charge in [-0.2, -0.15) is 0 Å². The van der Waals surface area contributed by atoms with Crippen molar-refractivity contribution in [2.75, 3.05) is 13.2 Å². The molecule has 1 aliphatic heterocycles. The molecular formula is C17H24O3. The van der Waals surface area contributed by atoms with Crippen LogP contribution in [0.3, 0.4) is 0 Å². The van der Waals surface area contributed by atoms with Gasteiger partial charge in [-0.25, -0.2) is 0 Å². The normalized spacial score (nSPS) is 22.1. The van der Waals surface area contributed by atoms with Crippen molar-refractivity contribution in [3.05, 3.63) is 48.6 Å². The molecule has 0 aliphatic carbocycles. The minimum atomic E-state index is -0.557. The van der Waals surface area contributed by atoms with E-state index in [4.69, 9.17) is 9.47 Å². The maximum atomic E-state index is 10.1. The van der Waals surface area contributed by atoms with Crippen LogP contribution in [0.4, 0.5) is 0 Å². The Bertz CT molecular complexity index is 384. The number of aliphatic hydroxyl groups is 1. The molecule has 3 heteroatoms. The van der Waals surface area contributed by atoms with Gasteiger partial charge < -0.3 is 14.6 Å². The van der Waals surface area contributed by atoms with Crippen molar-refractivity contribution in [3.8, 4) is 0 Å². The van der Waals surface area contributed by atoms with Crippen LogP contribution in [0.5, 0.6) is 0 Å². The zero-order valence-corrected chi connectivity index (χ0v) is 11.9. The molecule has 0 bridgehead atoms. The van der Waals surface area contributed by atoms with Crippen LogP contribution < -0.4 is 0 Å². The van der Waals surface area contributed by atoms with Crippen molar-refractivity contribution in [1.29, 1.82) is 0 Å². The second-order valence-electron chi connectivity index (χ2n) is 5.31. The van der Waals surface area contributed by atoms with Crippen molar-refractivity contribution in [2.45, 2.75) is 38.1 Å². The largest absolute Gasteiger partial charge is 0.389 e. The second kappa shape index (κ2) is 8.20. The van der Waals surface area contributed by atoms with E-state index in [2.05, 4.69) is 18.7 Å². The van der Waals surface area contributed by atoms with E-state index in [9.17, 15) is 5.11 Å². The van der Waals surface area contributed by atoms with Crippen LogP contribution >= 0.6 is 0 Å². The number of rotatable bonds is 7. The standard InChI is InChI=1S/C17H24O3/c1-2-16(18)15(12-14-8-4-3-5-9-14)13-20-17-10-6-7-11-19-17/h2-5,8-9,15-18H,1,6-7,10-13H2/t15-,16-,17-/m0/s1. The minimum absolute atomic E-state index is 0.0143. The molecule has 0 spiro atoms. The van der Waals surface area contributed by atoms with E-state index >= 15 is 0 Å². The van der Waals surface area contributed by atoms with Crippen molar-refractivity contribution in [1.82, 2.24) is 0 Å². The van der Waals surface area contributed by atoms with Gasteiger partial charge in [0.05, 0.1) is 12.7 Å². The molecule has 3 atom stereocenters. The quantitative estimate of drug-likeness (QED) is 0.778. The Morgan fingerprint density at radius 1 is 1.35 bits per heavy atom.